The minimum Gasteiger partial charge on any atom is -0.278 e. The summed E-state index contributed by atoms with van der Waals surface area (Å²) in [6, 6.07) is 66.8. The van der Waals surface area contributed by atoms with Gasteiger partial charge in [0.1, 0.15) is 4.83 Å². The predicted molar refractivity (Wildman–Crippen MR) is 277 cm³/mol. The van der Waals surface area contributed by atoms with Gasteiger partial charge in [-0.1, -0.05) is 166 Å². The monoisotopic (exact) mass is 897 g/mol. The van der Waals surface area contributed by atoms with Crippen LogP contribution in [0.15, 0.2) is 182 Å². The average Bonchev–Trinajstić information content (AvgIpc) is 3.94. The molecule has 0 aliphatic heterocycles. The van der Waals surface area contributed by atoms with Crippen molar-refractivity contribution in [3.8, 4) is 28.3 Å². The van der Waals surface area contributed by atoms with Crippen molar-refractivity contribution in [3.63, 3.8) is 0 Å². The number of hydrogen-bond donors (Lipinski definition) is 0. The number of allylic oxidation sites excluding steroid dienone is 1. The van der Waals surface area contributed by atoms with Gasteiger partial charge in [0.05, 0.1) is 16.7 Å². The van der Waals surface area contributed by atoms with E-state index in [0.29, 0.717) is 5.95 Å². The Kier molecular flexibility index (Phi) is 7.48. The molecule has 0 N–H and O–H groups in total. The van der Waals surface area contributed by atoms with Gasteiger partial charge >= 0.3 is 0 Å². The van der Waals surface area contributed by atoms with Crippen molar-refractivity contribution < 1.29 is 0 Å². The average molecular weight is 899 g/mol. The smallest absolute Gasteiger partial charge is 0.236 e. The maximum absolute atomic E-state index is 5.52. The lowest BCUT2D eigenvalue weighted by atomic mass is 9.76. The summed E-state index contributed by atoms with van der Waals surface area (Å²) in [6.07, 6.45) is 0. The molecular formula is C59H36BrN3S. The number of hydrogen-bond acceptors (Lipinski definition) is 3. The molecule has 1 aliphatic carbocycles. The maximum atomic E-state index is 5.52. The summed E-state index contributed by atoms with van der Waals surface area (Å²) in [4.78, 5) is 11.9. The first-order valence-corrected chi connectivity index (χ1v) is 23.5. The molecule has 0 fully saturated rings. The molecule has 0 spiro atoms. The molecule has 0 saturated carbocycles. The van der Waals surface area contributed by atoms with E-state index in [-0.39, 0.29) is 5.41 Å². The van der Waals surface area contributed by atoms with Crippen LogP contribution in [0, 0.1) is 0 Å². The molecule has 64 heavy (non-hydrogen) atoms. The normalized spacial score (nSPS) is 13.9. The summed E-state index contributed by atoms with van der Waals surface area (Å²) in [6.45, 7) is 4.76. The van der Waals surface area contributed by atoms with Gasteiger partial charge in [-0.3, -0.25) is 4.57 Å². The lowest BCUT2D eigenvalue weighted by Crippen LogP contribution is -2.16. The van der Waals surface area contributed by atoms with E-state index in [2.05, 4.69) is 216 Å². The minimum atomic E-state index is -0.241. The maximum Gasteiger partial charge on any atom is 0.236 e. The highest BCUT2D eigenvalue weighted by Gasteiger charge is 2.39. The molecule has 5 heteroatoms. The van der Waals surface area contributed by atoms with Gasteiger partial charge in [-0.25, -0.2) is 9.97 Å². The number of aromatic nitrogens is 3. The highest BCUT2D eigenvalue weighted by Crippen LogP contribution is 2.56. The zero-order chi connectivity index (χ0) is 42.4. The van der Waals surface area contributed by atoms with Gasteiger partial charge in [0.2, 0.25) is 5.95 Å². The van der Waals surface area contributed by atoms with Crippen LogP contribution in [0.3, 0.4) is 0 Å². The van der Waals surface area contributed by atoms with Crippen LogP contribution in [0.1, 0.15) is 30.5 Å². The van der Waals surface area contributed by atoms with Gasteiger partial charge in [0, 0.05) is 41.7 Å². The third-order valence-corrected chi connectivity index (χ3v) is 15.9. The third kappa shape index (κ3) is 4.97. The van der Waals surface area contributed by atoms with E-state index >= 15 is 0 Å². The lowest BCUT2D eigenvalue weighted by Gasteiger charge is -2.26. The summed E-state index contributed by atoms with van der Waals surface area (Å²) >= 11 is 5.99. The number of rotatable bonds is 4. The lowest BCUT2D eigenvalue weighted by molar-refractivity contribution is 0.705. The minimum absolute atomic E-state index is 0.241. The molecule has 0 saturated heterocycles. The second-order valence-electron chi connectivity index (χ2n) is 17.8. The number of fused-ring (bicyclic) bond motifs is 8. The zero-order valence-electron chi connectivity index (χ0n) is 34.9. The predicted octanol–water partition coefficient (Wildman–Crippen LogP) is 16.9. The van der Waals surface area contributed by atoms with Crippen molar-refractivity contribution >= 4 is 123 Å². The fourth-order valence-corrected chi connectivity index (χ4v) is 13.2. The van der Waals surface area contributed by atoms with Crippen LogP contribution >= 0.6 is 27.3 Å². The molecule has 3 nitrogen and oxygen atoms in total. The van der Waals surface area contributed by atoms with Crippen LogP contribution in [0.4, 0.5) is 0 Å². The SMILES string of the molecule is CC1(C)C(c2ccc3ccc4cccc5ccc2c3c45)=C(Br)c2cc(-c3cccc4c3c3cc5ccccc5cc3n4-c3nc(-c4ccccc4)c4c(n3)sc3ccccc34)ccc21. The third-order valence-electron chi connectivity index (χ3n) is 14.0. The van der Waals surface area contributed by atoms with E-state index in [1.807, 2.05) is 0 Å². The highest BCUT2D eigenvalue weighted by molar-refractivity contribution is 9.15. The molecule has 1 aliphatic rings. The van der Waals surface area contributed by atoms with Gasteiger partial charge in [-0.05, 0) is 123 Å². The summed E-state index contributed by atoms with van der Waals surface area (Å²) in [5.41, 5.74) is 11.5. The first-order chi connectivity index (χ1) is 31.4. The largest absolute Gasteiger partial charge is 0.278 e. The van der Waals surface area contributed by atoms with Crippen LogP contribution in [-0.4, -0.2) is 14.5 Å². The Balaban J connectivity index is 1.01. The van der Waals surface area contributed by atoms with E-state index in [0.717, 1.165) is 37.0 Å². The van der Waals surface area contributed by atoms with Gasteiger partial charge in [-0.2, -0.15) is 0 Å². The van der Waals surface area contributed by atoms with Gasteiger partial charge < -0.3 is 0 Å². The van der Waals surface area contributed by atoms with Gasteiger partial charge in [0.15, 0.2) is 0 Å². The van der Waals surface area contributed by atoms with E-state index in [1.165, 1.54) is 97.3 Å². The molecule has 0 atom stereocenters. The van der Waals surface area contributed by atoms with E-state index in [4.69, 9.17) is 9.97 Å². The van der Waals surface area contributed by atoms with Gasteiger partial charge in [-0.15, -0.1) is 11.3 Å². The summed E-state index contributed by atoms with van der Waals surface area (Å²) in [7, 11) is 0. The Morgan fingerprint density at radius 3 is 2.02 bits per heavy atom. The second-order valence-corrected chi connectivity index (χ2v) is 19.6. The molecule has 10 aromatic carbocycles. The van der Waals surface area contributed by atoms with E-state index < -0.39 is 0 Å². The molecule has 0 unspecified atom stereocenters. The Labute approximate surface area is 381 Å². The fraction of sp³-hybridized carbons (Fsp3) is 0.0508. The number of nitrogens with zero attached hydrogens (tertiary/aromatic N) is 3. The molecule has 0 bridgehead atoms. The molecule has 13 aromatic rings. The Morgan fingerprint density at radius 1 is 0.469 bits per heavy atom. The first-order valence-electron chi connectivity index (χ1n) is 21.8. The van der Waals surface area contributed by atoms with Crippen molar-refractivity contribution in [3.05, 3.63) is 199 Å². The highest BCUT2D eigenvalue weighted by atomic mass is 79.9. The van der Waals surface area contributed by atoms with Gasteiger partial charge in [0.25, 0.3) is 0 Å². The van der Waals surface area contributed by atoms with Crippen molar-refractivity contribution in [2.24, 2.45) is 0 Å². The van der Waals surface area contributed by atoms with Crippen LogP contribution in [-0.2, 0) is 5.41 Å². The Hall–Kier alpha value is -7.18. The molecular weight excluding hydrogens is 863 g/mol. The van der Waals surface area contributed by atoms with Crippen molar-refractivity contribution in [1.29, 1.82) is 0 Å². The van der Waals surface area contributed by atoms with Crippen molar-refractivity contribution in [2.45, 2.75) is 19.3 Å². The van der Waals surface area contributed by atoms with Crippen LogP contribution in [0.5, 0.6) is 0 Å². The van der Waals surface area contributed by atoms with Crippen LogP contribution in [0.2, 0.25) is 0 Å². The van der Waals surface area contributed by atoms with Crippen molar-refractivity contribution in [2.75, 3.05) is 0 Å². The number of halogens is 1. The Bertz CT molecular complexity index is 4160. The number of benzene rings is 10. The first kappa shape index (κ1) is 36.3. The molecule has 0 radical (unpaired) electrons. The zero-order valence-corrected chi connectivity index (χ0v) is 37.4. The molecule has 3 heterocycles. The standard InChI is InChI=1S/C59H36BrN3S/c1-59(2)46-29-26-39(31-44(46)55(60)54(59)42-28-25-35-23-22-33-16-10-17-34-24-27-41(42)51(35)50(33)34)40-19-11-20-47-52(40)45-30-37-14-6-7-15-38(37)32-48(45)63(47)58-61-56(36-12-4-3-5-13-36)53-43-18-8-9-21-49(43)64-57(53)62-58/h3-32H,1-2H3. The summed E-state index contributed by atoms with van der Waals surface area (Å²) in [5, 5.41) is 14.9. The topological polar surface area (TPSA) is 30.7 Å². The van der Waals surface area contributed by atoms with Crippen LogP contribution in [0.25, 0.3) is 124 Å². The summed E-state index contributed by atoms with van der Waals surface area (Å²) in [5.74, 6) is 0.671. The Morgan fingerprint density at radius 2 is 1.17 bits per heavy atom. The van der Waals surface area contributed by atoms with E-state index in [1.54, 1.807) is 11.3 Å². The van der Waals surface area contributed by atoms with Crippen LogP contribution < -0.4 is 0 Å². The van der Waals surface area contributed by atoms with E-state index in [9.17, 15) is 0 Å². The molecule has 14 rings (SSSR count). The van der Waals surface area contributed by atoms with Crippen molar-refractivity contribution in [1.82, 2.24) is 14.5 Å². The quantitative estimate of drug-likeness (QED) is 0.165. The second kappa shape index (κ2) is 13.2. The molecule has 300 valence electrons. The summed E-state index contributed by atoms with van der Waals surface area (Å²) < 4.78 is 4.66. The molecule has 0 amide bonds. The number of thiophene rings is 1. The fourth-order valence-electron chi connectivity index (χ4n) is 11.1. The molecule has 3 aromatic heterocycles.